The van der Waals surface area contributed by atoms with Gasteiger partial charge in [0.2, 0.25) is 0 Å². The Morgan fingerprint density at radius 2 is 2.35 bits per heavy atom. The van der Waals surface area contributed by atoms with Gasteiger partial charge in [-0.15, -0.1) is 22.7 Å². The van der Waals surface area contributed by atoms with Crippen LogP contribution in [-0.4, -0.2) is 17.6 Å². The fraction of sp³-hybridized carbons (Fsp3) is 0.417. The van der Waals surface area contributed by atoms with Gasteiger partial charge < -0.3 is 5.32 Å². The zero-order chi connectivity index (χ0) is 11.7. The van der Waals surface area contributed by atoms with Crippen molar-refractivity contribution in [2.75, 3.05) is 6.54 Å². The Morgan fingerprint density at radius 1 is 1.41 bits per heavy atom. The van der Waals surface area contributed by atoms with Crippen LogP contribution in [0.15, 0.2) is 21.3 Å². The number of aromatic nitrogens is 1. The van der Waals surface area contributed by atoms with Crippen LogP contribution in [0.2, 0.25) is 0 Å². The molecule has 1 aliphatic heterocycles. The van der Waals surface area contributed by atoms with Gasteiger partial charge >= 0.3 is 0 Å². The number of thiophene rings is 1. The van der Waals surface area contributed by atoms with Crippen molar-refractivity contribution in [1.29, 1.82) is 0 Å². The fourth-order valence-electron chi connectivity index (χ4n) is 2.12. The molecule has 2 aromatic rings. The first-order valence-corrected chi connectivity index (χ1v) is 8.29. The van der Waals surface area contributed by atoms with E-state index in [2.05, 4.69) is 38.1 Å². The molecule has 0 spiro atoms. The lowest BCUT2D eigenvalue weighted by molar-refractivity contribution is 0.597. The zero-order valence-corrected chi connectivity index (χ0v) is 12.5. The Bertz CT molecular complexity index is 500. The van der Waals surface area contributed by atoms with Crippen LogP contribution >= 0.6 is 38.6 Å². The van der Waals surface area contributed by atoms with Gasteiger partial charge in [-0.25, -0.2) is 4.98 Å². The molecule has 0 saturated carbocycles. The summed E-state index contributed by atoms with van der Waals surface area (Å²) < 4.78 is 1.15. The normalized spacial score (nSPS) is 19.9. The molecule has 1 unspecified atom stereocenters. The van der Waals surface area contributed by atoms with Crippen LogP contribution in [0.5, 0.6) is 0 Å². The van der Waals surface area contributed by atoms with Crippen LogP contribution in [0.4, 0.5) is 0 Å². The third-order valence-electron chi connectivity index (χ3n) is 2.95. The average molecular weight is 329 g/mol. The highest BCUT2D eigenvalue weighted by Gasteiger charge is 2.16. The number of nitrogens with one attached hydrogen (secondary N) is 1. The minimum absolute atomic E-state index is 0.639. The Labute approximate surface area is 117 Å². The van der Waals surface area contributed by atoms with Crippen molar-refractivity contribution in [2.24, 2.45) is 0 Å². The average Bonchev–Trinajstić information content (AvgIpc) is 2.99. The Kier molecular flexibility index (Phi) is 3.61. The van der Waals surface area contributed by atoms with Crippen molar-refractivity contribution in [3.63, 3.8) is 0 Å². The molecular formula is C12H13BrN2S2. The second-order valence-electron chi connectivity index (χ2n) is 4.27. The maximum absolute atomic E-state index is 4.73. The molecule has 5 heteroatoms. The lowest BCUT2D eigenvalue weighted by atomic mass is 10.1. The molecule has 2 aromatic heterocycles. The van der Waals surface area contributed by atoms with Crippen molar-refractivity contribution in [2.45, 2.75) is 25.3 Å². The van der Waals surface area contributed by atoms with Gasteiger partial charge in [0, 0.05) is 27.7 Å². The van der Waals surface area contributed by atoms with Crippen molar-refractivity contribution in [3.8, 4) is 9.88 Å². The van der Waals surface area contributed by atoms with Gasteiger partial charge in [0.1, 0.15) is 5.01 Å². The molecule has 1 atom stereocenters. The first kappa shape index (κ1) is 11.8. The number of thiazole rings is 1. The minimum Gasteiger partial charge on any atom is -0.314 e. The third kappa shape index (κ3) is 2.78. The van der Waals surface area contributed by atoms with Gasteiger partial charge in [-0.2, -0.15) is 0 Å². The molecule has 1 saturated heterocycles. The molecule has 17 heavy (non-hydrogen) atoms. The molecule has 3 rings (SSSR count). The summed E-state index contributed by atoms with van der Waals surface area (Å²) in [4.78, 5) is 5.98. The van der Waals surface area contributed by atoms with Crippen LogP contribution in [0.1, 0.15) is 18.5 Å². The van der Waals surface area contributed by atoms with E-state index < -0.39 is 0 Å². The minimum atomic E-state index is 0.639. The highest BCUT2D eigenvalue weighted by atomic mass is 79.9. The molecule has 0 aromatic carbocycles. The first-order chi connectivity index (χ1) is 8.31. The highest BCUT2D eigenvalue weighted by molar-refractivity contribution is 9.10. The predicted octanol–water partition coefficient (Wildman–Crippen LogP) is 3.93. The van der Waals surface area contributed by atoms with Crippen molar-refractivity contribution < 1.29 is 0 Å². The number of rotatable bonds is 3. The molecule has 0 amide bonds. The zero-order valence-electron chi connectivity index (χ0n) is 9.28. The lowest BCUT2D eigenvalue weighted by Gasteiger charge is -2.06. The summed E-state index contributed by atoms with van der Waals surface area (Å²) in [5.41, 5.74) is 1.23. The van der Waals surface area contributed by atoms with E-state index in [1.807, 2.05) is 0 Å². The van der Waals surface area contributed by atoms with E-state index in [-0.39, 0.29) is 0 Å². The van der Waals surface area contributed by atoms with E-state index in [1.165, 1.54) is 30.0 Å². The second kappa shape index (κ2) is 5.18. The number of hydrogen-bond acceptors (Lipinski definition) is 4. The second-order valence-corrected chi connectivity index (χ2v) is 6.96. The maximum atomic E-state index is 4.73. The molecule has 2 nitrogen and oxygen atoms in total. The van der Waals surface area contributed by atoms with E-state index in [1.54, 1.807) is 22.7 Å². The monoisotopic (exact) mass is 328 g/mol. The highest BCUT2D eigenvalue weighted by Crippen LogP contribution is 2.32. The van der Waals surface area contributed by atoms with Gasteiger partial charge in [-0.3, -0.25) is 0 Å². The molecule has 0 aliphatic carbocycles. The summed E-state index contributed by atoms with van der Waals surface area (Å²) in [6.45, 7) is 1.17. The van der Waals surface area contributed by atoms with Crippen molar-refractivity contribution in [1.82, 2.24) is 10.3 Å². The summed E-state index contributed by atoms with van der Waals surface area (Å²) in [5.74, 6) is 0. The fourth-order valence-corrected chi connectivity index (χ4v) is 4.46. The summed E-state index contributed by atoms with van der Waals surface area (Å²) in [5, 5.41) is 8.97. The number of nitrogens with zero attached hydrogens (tertiary/aromatic N) is 1. The predicted molar refractivity (Wildman–Crippen MR) is 77.9 cm³/mol. The van der Waals surface area contributed by atoms with Gasteiger partial charge in [-0.05, 0) is 41.4 Å². The smallest absolute Gasteiger partial charge is 0.133 e. The topological polar surface area (TPSA) is 24.9 Å². The van der Waals surface area contributed by atoms with Gasteiger partial charge in [0.15, 0.2) is 0 Å². The first-order valence-electron chi connectivity index (χ1n) is 5.73. The van der Waals surface area contributed by atoms with Gasteiger partial charge in [0.25, 0.3) is 0 Å². The van der Waals surface area contributed by atoms with E-state index in [4.69, 9.17) is 4.98 Å². The summed E-state index contributed by atoms with van der Waals surface area (Å²) in [7, 11) is 0. The van der Waals surface area contributed by atoms with Crippen molar-refractivity contribution in [3.05, 3.63) is 27.0 Å². The van der Waals surface area contributed by atoms with Gasteiger partial charge in [-0.1, -0.05) is 0 Å². The molecule has 90 valence electrons. The molecule has 1 aliphatic rings. The summed E-state index contributed by atoms with van der Waals surface area (Å²) >= 11 is 6.98. The van der Waals surface area contributed by atoms with Crippen LogP contribution in [-0.2, 0) is 6.42 Å². The Hall–Kier alpha value is -0.230. The van der Waals surface area contributed by atoms with Crippen LogP contribution in [0.3, 0.4) is 0 Å². The molecular weight excluding hydrogens is 316 g/mol. The molecule has 1 fully saturated rings. The Balaban J connectivity index is 1.73. The van der Waals surface area contributed by atoms with Crippen LogP contribution in [0.25, 0.3) is 9.88 Å². The number of halogens is 1. The third-order valence-corrected chi connectivity index (χ3v) is 5.70. The summed E-state index contributed by atoms with van der Waals surface area (Å²) in [6, 6.07) is 2.78. The van der Waals surface area contributed by atoms with E-state index in [0.717, 1.165) is 15.9 Å². The van der Waals surface area contributed by atoms with E-state index in [0.29, 0.717) is 6.04 Å². The van der Waals surface area contributed by atoms with Crippen LogP contribution < -0.4 is 5.32 Å². The SMILES string of the molecule is Brc1csc(-c2nc(CC3CCCN3)cs2)c1. The molecule has 3 heterocycles. The Morgan fingerprint density at radius 3 is 3.06 bits per heavy atom. The summed E-state index contributed by atoms with van der Waals surface area (Å²) in [6.07, 6.45) is 3.67. The largest absolute Gasteiger partial charge is 0.314 e. The molecule has 1 N–H and O–H groups in total. The van der Waals surface area contributed by atoms with Crippen LogP contribution in [0, 0.1) is 0 Å². The lowest BCUT2D eigenvalue weighted by Crippen LogP contribution is -2.23. The van der Waals surface area contributed by atoms with Gasteiger partial charge in [0.05, 0.1) is 10.6 Å². The molecule has 0 radical (unpaired) electrons. The van der Waals surface area contributed by atoms with E-state index in [9.17, 15) is 0 Å². The van der Waals surface area contributed by atoms with Crippen molar-refractivity contribution >= 4 is 38.6 Å². The quantitative estimate of drug-likeness (QED) is 0.923. The maximum Gasteiger partial charge on any atom is 0.133 e. The standard InChI is InChI=1S/C12H13BrN2S2/c13-8-4-11(16-6-8)12-15-10(7-17-12)5-9-2-1-3-14-9/h4,6-7,9,14H,1-3,5H2. The number of hydrogen-bond donors (Lipinski definition) is 1. The molecule has 0 bridgehead atoms. The van der Waals surface area contributed by atoms with E-state index >= 15 is 0 Å².